The highest BCUT2D eigenvalue weighted by Gasteiger charge is 2.24. The van der Waals surface area contributed by atoms with E-state index in [9.17, 15) is 9.59 Å². The van der Waals surface area contributed by atoms with Crippen LogP contribution in [0.1, 0.15) is 30.6 Å². The molecule has 6 heteroatoms. The number of hydrogen-bond donors (Lipinski definition) is 1. The Morgan fingerprint density at radius 3 is 2.70 bits per heavy atom. The summed E-state index contributed by atoms with van der Waals surface area (Å²) in [6.07, 6.45) is 0.684. The van der Waals surface area contributed by atoms with Gasteiger partial charge in [-0.1, -0.05) is 6.92 Å². The second-order valence-corrected chi connectivity index (χ2v) is 4.65. The smallest absolute Gasteiger partial charge is 0.323 e. The van der Waals surface area contributed by atoms with Gasteiger partial charge in [-0.15, -0.1) is 0 Å². The third-order valence-electron chi connectivity index (χ3n) is 3.31. The molecular formula is C14H17NO5. The topological polar surface area (TPSA) is 76.1 Å². The number of nitrogens with zero attached hydrogens (tertiary/aromatic N) is 1. The number of rotatable bonds is 5. The molecule has 1 amide bonds. The Hall–Kier alpha value is -2.24. The Balaban J connectivity index is 2.24. The minimum atomic E-state index is -1.03. The van der Waals surface area contributed by atoms with E-state index in [0.717, 1.165) is 0 Å². The molecule has 0 radical (unpaired) electrons. The third-order valence-corrected chi connectivity index (χ3v) is 3.31. The van der Waals surface area contributed by atoms with Gasteiger partial charge in [0, 0.05) is 11.6 Å². The van der Waals surface area contributed by atoms with Crippen LogP contribution in [0.5, 0.6) is 11.5 Å². The fourth-order valence-corrected chi connectivity index (χ4v) is 1.99. The van der Waals surface area contributed by atoms with Gasteiger partial charge in [-0.05, 0) is 31.5 Å². The van der Waals surface area contributed by atoms with Gasteiger partial charge >= 0.3 is 5.97 Å². The fourth-order valence-electron chi connectivity index (χ4n) is 1.99. The summed E-state index contributed by atoms with van der Waals surface area (Å²) in [5.74, 6) is -0.246. The number of hydrogen-bond acceptors (Lipinski definition) is 4. The van der Waals surface area contributed by atoms with Crippen molar-refractivity contribution in [3.63, 3.8) is 0 Å². The average molecular weight is 279 g/mol. The van der Waals surface area contributed by atoms with Crippen LogP contribution < -0.4 is 9.47 Å². The molecule has 108 valence electrons. The molecule has 0 spiro atoms. The monoisotopic (exact) mass is 279 g/mol. The molecule has 0 bridgehead atoms. The molecule has 20 heavy (non-hydrogen) atoms. The van der Waals surface area contributed by atoms with E-state index in [-0.39, 0.29) is 25.3 Å². The first-order chi connectivity index (χ1) is 9.52. The molecule has 0 fully saturated rings. The van der Waals surface area contributed by atoms with Crippen LogP contribution >= 0.6 is 0 Å². The molecule has 1 heterocycles. The molecule has 0 aromatic heterocycles. The Bertz CT molecular complexity index is 528. The summed E-state index contributed by atoms with van der Waals surface area (Å²) in [5.41, 5.74) is 0.399. The van der Waals surface area contributed by atoms with Crippen LogP contribution in [0.3, 0.4) is 0 Å². The first kappa shape index (κ1) is 14.2. The van der Waals surface area contributed by atoms with Crippen molar-refractivity contribution >= 4 is 11.9 Å². The molecule has 0 aliphatic carbocycles. The number of ether oxygens (including phenoxy) is 2. The zero-order chi connectivity index (χ0) is 14.7. The molecule has 1 aliphatic rings. The highest BCUT2D eigenvalue weighted by molar-refractivity contribution is 5.96. The number of carboxylic acids is 1. The second-order valence-electron chi connectivity index (χ2n) is 4.65. The molecule has 1 aromatic carbocycles. The van der Waals surface area contributed by atoms with Crippen molar-refractivity contribution in [3.05, 3.63) is 23.8 Å². The van der Waals surface area contributed by atoms with Crippen LogP contribution in [0.4, 0.5) is 0 Å². The number of carbonyl (C=O) groups is 2. The summed E-state index contributed by atoms with van der Waals surface area (Å²) in [4.78, 5) is 24.7. The predicted octanol–water partition coefficient (Wildman–Crippen LogP) is 1.74. The predicted molar refractivity (Wildman–Crippen MR) is 71.0 cm³/mol. The molecule has 1 aromatic rings. The van der Waals surface area contributed by atoms with Crippen molar-refractivity contribution in [2.24, 2.45) is 0 Å². The maximum absolute atomic E-state index is 12.4. The SMILES string of the molecule is CC[C@H](C)N(CC(=O)O)C(=O)c1ccc2c(c1)OCO2. The molecule has 1 atom stereocenters. The van der Waals surface area contributed by atoms with Crippen LogP contribution in [-0.4, -0.2) is 41.3 Å². The Morgan fingerprint density at radius 2 is 2.05 bits per heavy atom. The van der Waals surface area contributed by atoms with Crippen molar-refractivity contribution in [2.75, 3.05) is 13.3 Å². The summed E-state index contributed by atoms with van der Waals surface area (Å²) in [7, 11) is 0. The first-order valence-electron chi connectivity index (χ1n) is 6.45. The standard InChI is InChI=1S/C14H17NO5/c1-3-9(2)15(7-13(16)17)14(18)10-4-5-11-12(6-10)20-8-19-11/h4-6,9H,3,7-8H2,1-2H3,(H,16,17)/t9-/m0/s1. The molecule has 2 rings (SSSR count). The lowest BCUT2D eigenvalue weighted by atomic mass is 10.1. The van der Waals surface area contributed by atoms with E-state index < -0.39 is 5.97 Å². The molecule has 0 saturated carbocycles. The normalized spacial score (nSPS) is 13.9. The van der Waals surface area contributed by atoms with Crippen molar-refractivity contribution < 1.29 is 24.2 Å². The number of benzene rings is 1. The largest absolute Gasteiger partial charge is 0.480 e. The lowest BCUT2D eigenvalue weighted by Gasteiger charge is -2.27. The Kier molecular flexibility index (Phi) is 4.12. The van der Waals surface area contributed by atoms with E-state index in [1.165, 1.54) is 4.90 Å². The third kappa shape index (κ3) is 2.84. The average Bonchev–Trinajstić information content (AvgIpc) is 2.90. The molecule has 0 unspecified atom stereocenters. The van der Waals surface area contributed by atoms with Gasteiger partial charge in [-0.2, -0.15) is 0 Å². The minimum Gasteiger partial charge on any atom is -0.480 e. The van der Waals surface area contributed by atoms with Gasteiger partial charge < -0.3 is 19.5 Å². The second kappa shape index (κ2) is 5.81. The maximum atomic E-state index is 12.4. The van der Waals surface area contributed by atoms with E-state index in [1.54, 1.807) is 18.2 Å². The lowest BCUT2D eigenvalue weighted by Crippen LogP contribution is -2.41. The number of fused-ring (bicyclic) bond motifs is 1. The highest BCUT2D eigenvalue weighted by Crippen LogP contribution is 2.32. The number of aliphatic carboxylic acids is 1. The van der Waals surface area contributed by atoms with Crippen LogP contribution in [0.25, 0.3) is 0 Å². The van der Waals surface area contributed by atoms with Crippen molar-refractivity contribution in [3.8, 4) is 11.5 Å². The summed E-state index contributed by atoms with van der Waals surface area (Å²) in [6, 6.07) is 4.71. The number of carbonyl (C=O) groups excluding carboxylic acids is 1. The minimum absolute atomic E-state index is 0.136. The van der Waals surface area contributed by atoms with Gasteiger partial charge in [-0.25, -0.2) is 0 Å². The summed E-state index contributed by atoms with van der Waals surface area (Å²) >= 11 is 0. The van der Waals surface area contributed by atoms with Crippen LogP contribution in [0.15, 0.2) is 18.2 Å². The van der Waals surface area contributed by atoms with E-state index in [4.69, 9.17) is 14.6 Å². The fraction of sp³-hybridized carbons (Fsp3) is 0.429. The van der Waals surface area contributed by atoms with E-state index in [1.807, 2.05) is 13.8 Å². The summed E-state index contributed by atoms with van der Waals surface area (Å²) in [6.45, 7) is 3.56. The van der Waals surface area contributed by atoms with Crippen LogP contribution in [0.2, 0.25) is 0 Å². The molecule has 1 N–H and O–H groups in total. The van der Waals surface area contributed by atoms with Crippen molar-refractivity contribution in [1.29, 1.82) is 0 Å². The molecule has 6 nitrogen and oxygen atoms in total. The van der Waals surface area contributed by atoms with Gasteiger partial charge in [0.15, 0.2) is 11.5 Å². The van der Waals surface area contributed by atoms with Crippen molar-refractivity contribution in [1.82, 2.24) is 4.90 Å². The Labute approximate surface area is 116 Å². The zero-order valence-electron chi connectivity index (χ0n) is 11.5. The highest BCUT2D eigenvalue weighted by atomic mass is 16.7. The van der Waals surface area contributed by atoms with E-state index >= 15 is 0 Å². The van der Waals surface area contributed by atoms with Crippen LogP contribution in [0, 0.1) is 0 Å². The maximum Gasteiger partial charge on any atom is 0.323 e. The first-order valence-corrected chi connectivity index (χ1v) is 6.45. The van der Waals surface area contributed by atoms with Crippen LogP contribution in [-0.2, 0) is 4.79 Å². The molecule has 1 aliphatic heterocycles. The Morgan fingerprint density at radius 1 is 1.35 bits per heavy atom. The van der Waals surface area contributed by atoms with Gasteiger partial charge in [0.25, 0.3) is 5.91 Å². The van der Waals surface area contributed by atoms with Gasteiger partial charge in [-0.3, -0.25) is 9.59 Å². The van der Waals surface area contributed by atoms with Gasteiger partial charge in [0.1, 0.15) is 6.54 Å². The number of amides is 1. The summed E-state index contributed by atoms with van der Waals surface area (Å²) in [5, 5.41) is 8.94. The molecule has 0 saturated heterocycles. The van der Waals surface area contributed by atoms with Crippen molar-refractivity contribution in [2.45, 2.75) is 26.3 Å². The number of carboxylic acid groups (broad SMARTS) is 1. The summed E-state index contributed by atoms with van der Waals surface area (Å²) < 4.78 is 10.4. The lowest BCUT2D eigenvalue weighted by molar-refractivity contribution is -0.138. The zero-order valence-corrected chi connectivity index (χ0v) is 11.5. The molecular weight excluding hydrogens is 262 g/mol. The van der Waals surface area contributed by atoms with Gasteiger partial charge in [0.05, 0.1) is 0 Å². The van der Waals surface area contributed by atoms with E-state index in [2.05, 4.69) is 0 Å². The quantitative estimate of drug-likeness (QED) is 0.888. The van der Waals surface area contributed by atoms with Gasteiger partial charge in [0.2, 0.25) is 6.79 Å². The van der Waals surface area contributed by atoms with E-state index in [0.29, 0.717) is 23.5 Å².